The Morgan fingerprint density at radius 3 is 2.22 bits per heavy atom. The molecule has 0 aromatic heterocycles. The highest BCUT2D eigenvalue weighted by molar-refractivity contribution is 6.98. The zero-order valence-electron chi connectivity index (χ0n) is 19.3. The van der Waals surface area contributed by atoms with Gasteiger partial charge in [-0.2, -0.15) is 13.2 Å². The molecule has 0 saturated carbocycles. The summed E-state index contributed by atoms with van der Waals surface area (Å²) in [6.07, 6.45) is 1.74. The second kappa shape index (κ2) is 7.62. The molecule has 166 valence electrons. The van der Waals surface area contributed by atoms with E-state index in [0.717, 1.165) is 22.5 Å². The van der Waals surface area contributed by atoms with Crippen molar-refractivity contribution in [2.24, 2.45) is 0 Å². The predicted molar refractivity (Wildman–Crippen MR) is 130 cm³/mol. The number of benzene rings is 2. The molecule has 0 unspecified atom stereocenters. The van der Waals surface area contributed by atoms with Gasteiger partial charge in [0, 0.05) is 31.9 Å². The van der Waals surface area contributed by atoms with E-state index in [2.05, 4.69) is 25.2 Å². The van der Waals surface area contributed by atoms with E-state index in [9.17, 15) is 13.2 Å². The maximum absolute atomic E-state index is 14.0. The molecule has 0 amide bonds. The van der Waals surface area contributed by atoms with Crippen molar-refractivity contribution in [3.63, 3.8) is 0 Å². The van der Waals surface area contributed by atoms with Gasteiger partial charge in [0.2, 0.25) is 0 Å². The van der Waals surface area contributed by atoms with E-state index in [1.54, 1.807) is 12.1 Å². The minimum Gasteiger partial charge on any atom is -0.378 e. The highest BCUT2D eigenvalue weighted by Crippen LogP contribution is 2.45. The Hall–Kier alpha value is -2.86. The van der Waals surface area contributed by atoms with Gasteiger partial charge < -0.3 is 4.90 Å². The third-order valence-corrected chi connectivity index (χ3v) is 9.95. The molecule has 0 spiro atoms. The molecule has 32 heavy (non-hydrogen) atoms. The number of fused-ring (bicyclic) bond motifs is 2. The molecule has 0 fully saturated rings. The van der Waals surface area contributed by atoms with Crippen LogP contribution in [0, 0.1) is 0 Å². The Balaban J connectivity index is 2.13. The smallest absolute Gasteiger partial charge is 0.378 e. The van der Waals surface area contributed by atoms with Gasteiger partial charge in [0.1, 0.15) is 22.2 Å². The predicted octanol–water partition coefficient (Wildman–Crippen LogP) is 5.25. The van der Waals surface area contributed by atoms with Crippen LogP contribution in [0.3, 0.4) is 0 Å². The highest BCUT2D eigenvalue weighted by Gasteiger charge is 2.42. The van der Waals surface area contributed by atoms with Crippen molar-refractivity contribution in [1.82, 2.24) is 0 Å². The summed E-state index contributed by atoms with van der Waals surface area (Å²) < 4.78 is 44.1. The lowest BCUT2D eigenvalue weighted by atomic mass is 9.87. The summed E-state index contributed by atoms with van der Waals surface area (Å²) in [7, 11) is 5.77. The highest BCUT2D eigenvalue weighted by atomic mass is 28.3. The SMILES string of the molecule is CN(C)c1ccc2c(c1)[Si](C)(C)C1=CC(=[N+](C)C)C=CC1=C2c1ccccc1C(F)(F)F. The molecule has 0 atom stereocenters. The number of hydrogen-bond acceptors (Lipinski definition) is 1. The molecule has 2 aromatic rings. The van der Waals surface area contributed by atoms with Crippen molar-refractivity contribution >= 4 is 30.2 Å². The third-order valence-electron chi connectivity index (χ3n) is 6.43. The fourth-order valence-corrected chi connectivity index (χ4v) is 7.69. The molecule has 1 aliphatic heterocycles. The van der Waals surface area contributed by atoms with Crippen molar-refractivity contribution in [2.45, 2.75) is 19.3 Å². The quantitative estimate of drug-likeness (QED) is 0.445. The molecule has 4 rings (SSSR count). The molecule has 2 aliphatic rings. The Bertz CT molecular complexity index is 1220. The Kier molecular flexibility index (Phi) is 5.32. The summed E-state index contributed by atoms with van der Waals surface area (Å²) >= 11 is 0. The van der Waals surface area contributed by atoms with Crippen molar-refractivity contribution in [3.8, 4) is 0 Å². The van der Waals surface area contributed by atoms with Crippen molar-refractivity contribution in [1.29, 1.82) is 0 Å². The molecule has 2 nitrogen and oxygen atoms in total. The number of alkyl halides is 3. The van der Waals surface area contributed by atoms with Gasteiger partial charge in [-0.3, -0.25) is 0 Å². The molecule has 0 saturated heterocycles. The second-order valence-electron chi connectivity index (χ2n) is 9.29. The summed E-state index contributed by atoms with van der Waals surface area (Å²) in [5, 5.41) is 2.33. The molecule has 1 heterocycles. The van der Waals surface area contributed by atoms with Crippen LogP contribution in [0.15, 0.2) is 71.5 Å². The Labute approximate surface area is 188 Å². The zero-order valence-corrected chi connectivity index (χ0v) is 20.3. The Morgan fingerprint density at radius 1 is 0.906 bits per heavy atom. The van der Waals surface area contributed by atoms with Gasteiger partial charge in [-0.25, -0.2) is 4.58 Å². The van der Waals surface area contributed by atoms with Crippen LogP contribution in [-0.2, 0) is 6.18 Å². The Morgan fingerprint density at radius 2 is 1.59 bits per heavy atom. The van der Waals surface area contributed by atoms with Gasteiger partial charge in [0.05, 0.1) is 5.56 Å². The fourth-order valence-electron chi connectivity index (χ4n) is 4.62. The molecule has 6 heteroatoms. The van der Waals surface area contributed by atoms with E-state index in [1.807, 2.05) is 62.0 Å². The number of nitrogens with zero attached hydrogens (tertiary/aromatic N) is 2. The minimum atomic E-state index is -4.43. The first-order valence-electron chi connectivity index (χ1n) is 10.6. The lowest BCUT2D eigenvalue weighted by Gasteiger charge is -2.38. The molecular formula is C26H28F3N2Si+. The van der Waals surface area contributed by atoms with Crippen LogP contribution in [0.4, 0.5) is 18.9 Å². The monoisotopic (exact) mass is 453 g/mol. The largest absolute Gasteiger partial charge is 0.417 e. The van der Waals surface area contributed by atoms with E-state index < -0.39 is 19.8 Å². The lowest BCUT2D eigenvalue weighted by molar-refractivity contribution is -0.462. The molecule has 0 bridgehead atoms. The van der Waals surface area contributed by atoms with Crippen molar-refractivity contribution in [3.05, 3.63) is 88.2 Å². The van der Waals surface area contributed by atoms with Gasteiger partial charge in [-0.1, -0.05) is 37.4 Å². The van der Waals surface area contributed by atoms with Gasteiger partial charge >= 0.3 is 6.18 Å². The zero-order chi connectivity index (χ0) is 23.4. The first-order valence-corrected chi connectivity index (χ1v) is 13.6. The lowest BCUT2D eigenvalue weighted by Crippen LogP contribution is -2.49. The number of halogens is 3. The van der Waals surface area contributed by atoms with Crippen LogP contribution in [0.1, 0.15) is 16.7 Å². The number of allylic oxidation sites excluding steroid dienone is 5. The van der Waals surface area contributed by atoms with Gasteiger partial charge in [0.25, 0.3) is 0 Å². The molecular weight excluding hydrogens is 425 g/mol. The van der Waals surface area contributed by atoms with E-state index in [0.29, 0.717) is 5.57 Å². The van der Waals surface area contributed by atoms with E-state index in [1.165, 1.54) is 22.5 Å². The summed E-state index contributed by atoms with van der Waals surface area (Å²) in [6, 6.07) is 12.1. The topological polar surface area (TPSA) is 6.25 Å². The summed E-state index contributed by atoms with van der Waals surface area (Å²) in [5.41, 5.74) is 4.25. The number of hydrogen-bond donors (Lipinski definition) is 0. The number of rotatable bonds is 2. The summed E-state index contributed by atoms with van der Waals surface area (Å²) in [4.78, 5) is 2.04. The van der Waals surface area contributed by atoms with Gasteiger partial charge in [0.15, 0.2) is 5.71 Å². The maximum Gasteiger partial charge on any atom is 0.417 e. The average Bonchev–Trinajstić information content (AvgIpc) is 2.73. The maximum atomic E-state index is 14.0. The third kappa shape index (κ3) is 3.56. The van der Waals surface area contributed by atoms with Crippen LogP contribution in [0.2, 0.25) is 13.1 Å². The van der Waals surface area contributed by atoms with Crippen molar-refractivity contribution < 1.29 is 17.7 Å². The van der Waals surface area contributed by atoms with Crippen LogP contribution in [0.25, 0.3) is 5.57 Å². The summed E-state index contributed by atoms with van der Waals surface area (Å²) in [6.45, 7) is 4.58. The molecule has 0 radical (unpaired) electrons. The van der Waals surface area contributed by atoms with Crippen LogP contribution in [-0.4, -0.2) is 46.6 Å². The molecule has 1 aliphatic carbocycles. The van der Waals surface area contributed by atoms with Gasteiger partial charge in [-0.05, 0) is 56.9 Å². The van der Waals surface area contributed by atoms with Gasteiger partial charge in [-0.15, -0.1) is 0 Å². The standard InChI is InChI=1S/C26H28F3N2Si/c1-30(2)17-11-13-20-23(15-17)32(5,6)24-16-18(31(3)4)12-14-21(24)25(20)19-9-7-8-10-22(19)26(27,28)29/h7-16H,1-6H3/q+1. The molecule has 0 N–H and O–H groups in total. The number of anilines is 1. The van der Waals surface area contributed by atoms with E-state index >= 15 is 0 Å². The minimum absolute atomic E-state index is 0.238. The van der Waals surface area contributed by atoms with Crippen LogP contribution >= 0.6 is 0 Å². The normalized spacial score (nSPS) is 17.0. The average molecular weight is 454 g/mol. The fraction of sp³-hybridized carbons (Fsp3) is 0.269. The van der Waals surface area contributed by atoms with Crippen LogP contribution in [0.5, 0.6) is 0 Å². The first-order chi connectivity index (χ1) is 14.9. The molecule has 2 aromatic carbocycles. The van der Waals surface area contributed by atoms with E-state index in [-0.39, 0.29) is 5.56 Å². The first kappa shape index (κ1) is 22.3. The van der Waals surface area contributed by atoms with E-state index in [4.69, 9.17) is 0 Å². The van der Waals surface area contributed by atoms with Crippen LogP contribution < -0.4 is 10.1 Å². The van der Waals surface area contributed by atoms with Crippen molar-refractivity contribution in [2.75, 3.05) is 33.1 Å². The summed E-state index contributed by atoms with van der Waals surface area (Å²) in [5.74, 6) is 0. The second-order valence-corrected chi connectivity index (χ2v) is 13.6.